The van der Waals surface area contributed by atoms with Crippen molar-refractivity contribution in [2.24, 2.45) is 0 Å². The second-order valence-electron chi connectivity index (χ2n) is 9.97. The van der Waals surface area contributed by atoms with E-state index in [0.717, 1.165) is 12.8 Å². The van der Waals surface area contributed by atoms with Crippen molar-refractivity contribution in [3.8, 4) is 5.75 Å². The van der Waals surface area contributed by atoms with Crippen LogP contribution in [0, 0.1) is 5.82 Å². The number of para-hydroxylation sites is 2. The summed E-state index contributed by atoms with van der Waals surface area (Å²) in [6.07, 6.45) is 2.85. The molecule has 1 aromatic heterocycles. The van der Waals surface area contributed by atoms with Gasteiger partial charge in [0.25, 0.3) is 5.91 Å². The van der Waals surface area contributed by atoms with Crippen LogP contribution in [0.1, 0.15) is 24.0 Å². The SMILES string of the molecule is O=C(CN(CC1CCCO1)C(=O)COc1ccccc1)N(Cc1ccc(F)cc1)Cc1coc2ccccc2c1=O. The van der Waals surface area contributed by atoms with Gasteiger partial charge in [0.05, 0.1) is 36.4 Å². The van der Waals surface area contributed by atoms with Gasteiger partial charge in [-0.1, -0.05) is 42.5 Å². The lowest BCUT2D eigenvalue weighted by Gasteiger charge is -2.29. The van der Waals surface area contributed by atoms with Crippen LogP contribution in [0.25, 0.3) is 11.0 Å². The maximum absolute atomic E-state index is 13.8. The number of fused-ring (bicyclic) bond motifs is 1. The molecule has 4 aromatic rings. The maximum Gasteiger partial charge on any atom is 0.261 e. The summed E-state index contributed by atoms with van der Waals surface area (Å²) in [5, 5.41) is 0.410. The van der Waals surface area contributed by atoms with E-state index in [4.69, 9.17) is 13.9 Å². The topological polar surface area (TPSA) is 89.3 Å². The van der Waals surface area contributed by atoms with Crippen LogP contribution in [0.5, 0.6) is 5.75 Å². The lowest BCUT2D eigenvalue weighted by Crippen LogP contribution is -2.47. The molecule has 1 fully saturated rings. The molecule has 1 atom stereocenters. The third kappa shape index (κ3) is 7.37. The Kier molecular flexibility index (Phi) is 9.05. The monoisotopic (exact) mass is 558 g/mol. The van der Waals surface area contributed by atoms with Crippen LogP contribution in [0.15, 0.2) is 94.3 Å². The Hall–Kier alpha value is -4.50. The number of carbonyl (C=O) groups is 2. The van der Waals surface area contributed by atoms with E-state index in [-0.39, 0.29) is 56.1 Å². The second kappa shape index (κ2) is 13.2. The normalized spacial score (nSPS) is 14.6. The van der Waals surface area contributed by atoms with Crippen LogP contribution in [-0.4, -0.2) is 54.0 Å². The fourth-order valence-corrected chi connectivity index (χ4v) is 4.78. The van der Waals surface area contributed by atoms with Gasteiger partial charge in [0, 0.05) is 19.7 Å². The smallest absolute Gasteiger partial charge is 0.261 e. The van der Waals surface area contributed by atoms with Gasteiger partial charge < -0.3 is 23.7 Å². The first-order valence-corrected chi connectivity index (χ1v) is 13.5. The van der Waals surface area contributed by atoms with Gasteiger partial charge in [-0.15, -0.1) is 0 Å². The summed E-state index contributed by atoms with van der Waals surface area (Å²) in [5.74, 6) is -0.587. The molecular formula is C32H31FN2O6. The van der Waals surface area contributed by atoms with Crippen molar-refractivity contribution in [2.45, 2.75) is 32.0 Å². The summed E-state index contributed by atoms with van der Waals surface area (Å²) in [6.45, 7) is 0.424. The number of hydrogen-bond donors (Lipinski definition) is 0. The van der Waals surface area contributed by atoms with E-state index in [1.165, 1.54) is 28.2 Å². The van der Waals surface area contributed by atoms with Gasteiger partial charge in [-0.05, 0) is 54.8 Å². The number of benzene rings is 3. The van der Waals surface area contributed by atoms with Crippen LogP contribution in [0.4, 0.5) is 4.39 Å². The number of nitrogens with zero attached hydrogens (tertiary/aromatic N) is 2. The Labute approximate surface area is 236 Å². The van der Waals surface area contributed by atoms with Gasteiger partial charge in [0.2, 0.25) is 5.91 Å². The molecule has 41 heavy (non-hydrogen) atoms. The number of halogens is 1. The van der Waals surface area contributed by atoms with E-state index in [1.54, 1.807) is 48.5 Å². The Morgan fingerprint density at radius 3 is 2.41 bits per heavy atom. The Morgan fingerprint density at radius 2 is 1.66 bits per heavy atom. The van der Waals surface area contributed by atoms with Crippen LogP contribution < -0.4 is 10.2 Å². The van der Waals surface area contributed by atoms with Crippen molar-refractivity contribution >= 4 is 22.8 Å². The summed E-state index contributed by atoms with van der Waals surface area (Å²) in [7, 11) is 0. The zero-order chi connectivity index (χ0) is 28.6. The zero-order valence-electron chi connectivity index (χ0n) is 22.5. The van der Waals surface area contributed by atoms with Gasteiger partial charge in [0.1, 0.15) is 17.1 Å². The summed E-state index contributed by atoms with van der Waals surface area (Å²) < 4.78 is 30.7. The Balaban J connectivity index is 1.37. The highest BCUT2D eigenvalue weighted by Gasteiger charge is 2.27. The lowest BCUT2D eigenvalue weighted by atomic mass is 10.1. The third-order valence-electron chi connectivity index (χ3n) is 6.98. The van der Waals surface area contributed by atoms with E-state index >= 15 is 0 Å². The number of hydrogen-bond acceptors (Lipinski definition) is 6. The number of amides is 2. The van der Waals surface area contributed by atoms with Gasteiger partial charge in [-0.25, -0.2) is 4.39 Å². The summed E-state index contributed by atoms with van der Waals surface area (Å²) in [4.78, 5) is 43.2. The van der Waals surface area contributed by atoms with Crippen molar-refractivity contribution in [1.82, 2.24) is 9.80 Å². The van der Waals surface area contributed by atoms with Crippen molar-refractivity contribution < 1.29 is 27.9 Å². The Morgan fingerprint density at radius 1 is 0.902 bits per heavy atom. The van der Waals surface area contributed by atoms with E-state index in [2.05, 4.69) is 0 Å². The van der Waals surface area contributed by atoms with Gasteiger partial charge in [-0.2, -0.15) is 0 Å². The zero-order valence-corrected chi connectivity index (χ0v) is 22.5. The summed E-state index contributed by atoms with van der Waals surface area (Å²) in [5.41, 5.74) is 1.18. The lowest BCUT2D eigenvalue weighted by molar-refractivity contribution is -0.143. The van der Waals surface area contributed by atoms with Crippen molar-refractivity contribution in [3.05, 3.63) is 112 Å². The molecule has 1 aliphatic heterocycles. The molecule has 1 unspecified atom stereocenters. The molecule has 8 nitrogen and oxygen atoms in total. The molecule has 1 saturated heterocycles. The van der Waals surface area contributed by atoms with E-state index in [0.29, 0.717) is 34.5 Å². The minimum Gasteiger partial charge on any atom is -0.484 e. The highest BCUT2D eigenvalue weighted by atomic mass is 19.1. The second-order valence-corrected chi connectivity index (χ2v) is 9.97. The van der Waals surface area contributed by atoms with E-state index < -0.39 is 5.82 Å². The quantitative estimate of drug-likeness (QED) is 0.269. The third-order valence-corrected chi connectivity index (χ3v) is 6.98. The average Bonchev–Trinajstić information content (AvgIpc) is 3.51. The van der Waals surface area contributed by atoms with Crippen LogP contribution in [0.2, 0.25) is 0 Å². The van der Waals surface area contributed by atoms with Crippen molar-refractivity contribution in [2.75, 3.05) is 26.3 Å². The first kappa shape index (κ1) is 28.0. The maximum atomic E-state index is 13.8. The molecule has 0 bridgehead atoms. The van der Waals surface area contributed by atoms with Gasteiger partial charge >= 0.3 is 0 Å². The van der Waals surface area contributed by atoms with Crippen molar-refractivity contribution in [3.63, 3.8) is 0 Å². The molecule has 0 saturated carbocycles. The molecule has 212 valence electrons. The minimum absolute atomic E-state index is 0.0498. The van der Waals surface area contributed by atoms with Crippen molar-refractivity contribution in [1.29, 1.82) is 0 Å². The fourth-order valence-electron chi connectivity index (χ4n) is 4.78. The molecule has 0 N–H and O–H groups in total. The van der Waals surface area contributed by atoms with Crippen LogP contribution >= 0.6 is 0 Å². The molecule has 9 heteroatoms. The predicted octanol–water partition coefficient (Wildman–Crippen LogP) is 4.55. The molecule has 0 spiro atoms. The standard InChI is InChI=1S/C32H31FN2O6/c33-25-14-12-23(13-15-25)17-34(18-24-21-41-29-11-5-4-10-28(29)32(24)38)30(36)20-35(19-27-9-6-16-39-27)31(37)22-40-26-7-2-1-3-8-26/h1-5,7-8,10-15,21,27H,6,9,16-20,22H2. The Bertz CT molecular complexity index is 1530. The number of ether oxygens (including phenoxy) is 2. The first-order valence-electron chi connectivity index (χ1n) is 13.5. The van der Waals surface area contributed by atoms with Gasteiger partial charge in [-0.3, -0.25) is 14.4 Å². The minimum atomic E-state index is -0.395. The van der Waals surface area contributed by atoms with Gasteiger partial charge in [0.15, 0.2) is 12.0 Å². The number of carbonyl (C=O) groups excluding carboxylic acids is 2. The molecule has 0 aliphatic carbocycles. The predicted molar refractivity (Wildman–Crippen MR) is 151 cm³/mol. The first-order chi connectivity index (χ1) is 20.0. The molecule has 5 rings (SSSR count). The number of rotatable bonds is 11. The fraction of sp³-hybridized carbons (Fsp3) is 0.281. The molecule has 1 aliphatic rings. The summed E-state index contributed by atoms with van der Waals surface area (Å²) >= 11 is 0. The molecule has 3 aromatic carbocycles. The summed E-state index contributed by atoms with van der Waals surface area (Å²) in [6, 6.07) is 21.7. The molecular weight excluding hydrogens is 527 g/mol. The van der Waals surface area contributed by atoms with E-state index in [1.807, 2.05) is 18.2 Å². The van der Waals surface area contributed by atoms with Crippen LogP contribution in [0.3, 0.4) is 0 Å². The molecule has 0 radical (unpaired) electrons. The van der Waals surface area contributed by atoms with E-state index in [9.17, 15) is 18.8 Å². The molecule has 2 amide bonds. The average molecular weight is 559 g/mol. The highest BCUT2D eigenvalue weighted by molar-refractivity contribution is 5.85. The van der Waals surface area contributed by atoms with Crippen LogP contribution in [-0.2, 0) is 27.4 Å². The molecule has 2 heterocycles. The highest BCUT2D eigenvalue weighted by Crippen LogP contribution is 2.17. The largest absolute Gasteiger partial charge is 0.484 e.